The van der Waals surface area contributed by atoms with Crippen LogP contribution in [0, 0.1) is 10.1 Å². The molecule has 10 heteroatoms. The second-order valence-corrected chi connectivity index (χ2v) is 9.37. The first-order chi connectivity index (χ1) is 12.7. The van der Waals surface area contributed by atoms with Gasteiger partial charge in [0, 0.05) is 19.2 Å². The molecule has 9 nitrogen and oxygen atoms in total. The number of quaternary nitrogens is 1. The maximum atomic E-state index is 12.9. The van der Waals surface area contributed by atoms with Crippen LogP contribution in [-0.4, -0.2) is 76.2 Å². The van der Waals surface area contributed by atoms with Crippen molar-refractivity contribution in [2.24, 2.45) is 0 Å². The van der Waals surface area contributed by atoms with Crippen LogP contribution in [0.3, 0.4) is 0 Å². The van der Waals surface area contributed by atoms with Crippen molar-refractivity contribution in [1.82, 2.24) is 4.31 Å². The van der Waals surface area contributed by atoms with Gasteiger partial charge in [-0.05, 0) is 26.0 Å². The number of sulfonamides is 1. The van der Waals surface area contributed by atoms with Crippen LogP contribution in [0.1, 0.15) is 13.8 Å². The van der Waals surface area contributed by atoms with Gasteiger partial charge in [0.2, 0.25) is 10.0 Å². The van der Waals surface area contributed by atoms with Crippen molar-refractivity contribution < 1.29 is 23.0 Å². The van der Waals surface area contributed by atoms with Crippen molar-refractivity contribution >= 4 is 21.4 Å². The molecule has 0 amide bonds. The minimum atomic E-state index is -3.74. The van der Waals surface area contributed by atoms with Gasteiger partial charge >= 0.3 is 0 Å². The molecule has 2 saturated heterocycles. The fourth-order valence-corrected chi connectivity index (χ4v) is 5.17. The largest absolute Gasteiger partial charge is 0.372 e. The van der Waals surface area contributed by atoms with Crippen molar-refractivity contribution in [3.05, 3.63) is 28.3 Å². The Bertz CT molecular complexity index is 798. The summed E-state index contributed by atoms with van der Waals surface area (Å²) in [6.45, 7) is 7.18. The number of hydrogen-bond donors (Lipinski definition) is 1. The number of benzene rings is 1. The molecule has 0 radical (unpaired) electrons. The number of nitro benzene ring substituents is 1. The van der Waals surface area contributed by atoms with E-state index in [9.17, 15) is 18.5 Å². The van der Waals surface area contributed by atoms with E-state index in [0.29, 0.717) is 31.9 Å². The van der Waals surface area contributed by atoms with E-state index in [1.165, 1.54) is 21.3 Å². The first-order valence-electron chi connectivity index (χ1n) is 9.19. The molecule has 3 rings (SSSR count). The Morgan fingerprint density at radius 2 is 1.78 bits per heavy atom. The van der Waals surface area contributed by atoms with Crippen molar-refractivity contribution in [2.75, 3.05) is 51.2 Å². The number of piperazine rings is 1. The summed E-state index contributed by atoms with van der Waals surface area (Å²) in [6.07, 6.45) is -0.103. The van der Waals surface area contributed by atoms with E-state index >= 15 is 0 Å². The number of rotatable bonds is 4. The van der Waals surface area contributed by atoms with E-state index in [-0.39, 0.29) is 22.8 Å². The molecule has 2 aliphatic heterocycles. The van der Waals surface area contributed by atoms with E-state index in [1.54, 1.807) is 6.07 Å². The Hall–Kier alpha value is -1.75. The van der Waals surface area contributed by atoms with Crippen LogP contribution in [-0.2, 0) is 14.8 Å². The third-order valence-electron chi connectivity index (χ3n) is 5.12. The van der Waals surface area contributed by atoms with Crippen LogP contribution in [0.25, 0.3) is 0 Å². The SMILES string of the molecule is C[C@@H]1CN(c2ccc(S(=O)(=O)N3CC[NH+](C)CC3)cc2[N+](=O)[O-])C[C@@H](C)O1. The van der Waals surface area contributed by atoms with E-state index in [0.717, 1.165) is 13.1 Å². The number of anilines is 1. The molecule has 0 unspecified atom stereocenters. The predicted molar refractivity (Wildman–Crippen MR) is 101 cm³/mol. The number of ether oxygens (including phenoxy) is 1. The molecule has 2 heterocycles. The molecule has 2 atom stereocenters. The summed E-state index contributed by atoms with van der Waals surface area (Å²) in [5.41, 5.74) is 0.251. The number of nitro groups is 1. The van der Waals surface area contributed by atoms with Crippen LogP contribution in [0.4, 0.5) is 11.4 Å². The molecule has 0 aliphatic carbocycles. The van der Waals surface area contributed by atoms with Crippen molar-refractivity contribution in [2.45, 2.75) is 31.0 Å². The summed E-state index contributed by atoms with van der Waals surface area (Å²) in [6, 6.07) is 4.23. The number of hydrogen-bond acceptors (Lipinski definition) is 6. The van der Waals surface area contributed by atoms with Gasteiger partial charge in [-0.25, -0.2) is 8.42 Å². The maximum absolute atomic E-state index is 12.9. The second-order valence-electron chi connectivity index (χ2n) is 7.43. The smallest absolute Gasteiger partial charge is 0.293 e. The summed E-state index contributed by atoms with van der Waals surface area (Å²) < 4.78 is 32.9. The summed E-state index contributed by atoms with van der Waals surface area (Å²) in [5.74, 6) is 0. The molecule has 0 bridgehead atoms. The Kier molecular flexibility index (Phi) is 5.71. The molecule has 1 N–H and O–H groups in total. The van der Waals surface area contributed by atoms with Gasteiger partial charge in [-0.3, -0.25) is 10.1 Å². The summed E-state index contributed by atoms with van der Waals surface area (Å²) in [5, 5.41) is 11.7. The van der Waals surface area contributed by atoms with Gasteiger partial charge < -0.3 is 14.5 Å². The molecule has 1 aromatic carbocycles. The topological polar surface area (TPSA) is 97.4 Å². The molecule has 2 aliphatic rings. The Labute approximate surface area is 159 Å². The molecule has 27 heavy (non-hydrogen) atoms. The molecule has 0 saturated carbocycles. The average molecular weight is 399 g/mol. The normalized spacial score (nSPS) is 25.5. The van der Waals surface area contributed by atoms with Gasteiger partial charge in [0.05, 0.1) is 55.3 Å². The highest BCUT2D eigenvalue weighted by Crippen LogP contribution is 2.33. The van der Waals surface area contributed by atoms with E-state index in [1.807, 2.05) is 25.8 Å². The zero-order chi connectivity index (χ0) is 19.8. The summed E-state index contributed by atoms with van der Waals surface area (Å²) in [4.78, 5) is 14.3. The van der Waals surface area contributed by atoms with E-state index in [2.05, 4.69) is 0 Å². The van der Waals surface area contributed by atoms with Gasteiger partial charge in [0.15, 0.2) is 0 Å². The summed E-state index contributed by atoms with van der Waals surface area (Å²) >= 11 is 0. The molecular weight excluding hydrogens is 372 g/mol. The lowest BCUT2D eigenvalue weighted by Gasteiger charge is -2.36. The lowest BCUT2D eigenvalue weighted by molar-refractivity contribution is -0.883. The third-order valence-corrected chi connectivity index (χ3v) is 7.01. The highest BCUT2D eigenvalue weighted by Gasteiger charge is 2.33. The van der Waals surface area contributed by atoms with Crippen LogP contribution in [0.5, 0.6) is 0 Å². The zero-order valence-corrected chi connectivity index (χ0v) is 16.7. The van der Waals surface area contributed by atoms with Gasteiger partial charge in [-0.1, -0.05) is 0 Å². The number of morpholine rings is 1. The zero-order valence-electron chi connectivity index (χ0n) is 15.9. The van der Waals surface area contributed by atoms with Gasteiger partial charge in [0.1, 0.15) is 5.69 Å². The molecule has 2 fully saturated rings. The minimum absolute atomic E-state index is 0.0214. The standard InChI is InChI=1S/C17H26N4O5S/c1-13-11-19(12-14(2)26-13)16-5-4-15(10-17(16)21(22)23)27(24,25)20-8-6-18(3)7-9-20/h4-5,10,13-14H,6-9,11-12H2,1-3H3/p+1/t13-,14-/m1/s1. The number of nitrogens with one attached hydrogen (secondary N) is 1. The third kappa shape index (κ3) is 4.23. The molecule has 0 spiro atoms. The second kappa shape index (κ2) is 7.70. The lowest BCUT2D eigenvalue weighted by Crippen LogP contribution is -3.12. The van der Waals surface area contributed by atoms with Gasteiger partial charge in [-0.15, -0.1) is 0 Å². The number of likely N-dealkylation sites (N-methyl/N-ethyl adjacent to an activating group) is 1. The first kappa shape index (κ1) is 20.0. The minimum Gasteiger partial charge on any atom is -0.372 e. The lowest BCUT2D eigenvalue weighted by atomic mass is 10.2. The Morgan fingerprint density at radius 3 is 2.33 bits per heavy atom. The van der Waals surface area contributed by atoms with Crippen molar-refractivity contribution in [3.63, 3.8) is 0 Å². The molecule has 150 valence electrons. The Balaban J connectivity index is 1.93. The van der Waals surface area contributed by atoms with Gasteiger partial charge in [0.25, 0.3) is 5.69 Å². The van der Waals surface area contributed by atoms with Crippen LogP contribution in [0.15, 0.2) is 23.1 Å². The van der Waals surface area contributed by atoms with Crippen molar-refractivity contribution in [1.29, 1.82) is 0 Å². The maximum Gasteiger partial charge on any atom is 0.293 e. The summed E-state index contributed by atoms with van der Waals surface area (Å²) in [7, 11) is -1.72. The van der Waals surface area contributed by atoms with Crippen LogP contribution in [0.2, 0.25) is 0 Å². The number of nitrogens with zero attached hydrogens (tertiary/aromatic N) is 3. The average Bonchev–Trinajstić information content (AvgIpc) is 2.60. The van der Waals surface area contributed by atoms with E-state index < -0.39 is 14.9 Å². The Morgan fingerprint density at radius 1 is 1.19 bits per heavy atom. The van der Waals surface area contributed by atoms with E-state index in [4.69, 9.17) is 4.74 Å². The predicted octanol–water partition coefficient (Wildman–Crippen LogP) is -0.273. The van der Waals surface area contributed by atoms with Gasteiger partial charge in [-0.2, -0.15) is 4.31 Å². The molecular formula is C17H27N4O5S+. The fraction of sp³-hybridized carbons (Fsp3) is 0.647. The highest BCUT2D eigenvalue weighted by molar-refractivity contribution is 7.89. The fourth-order valence-electron chi connectivity index (χ4n) is 3.71. The molecule has 1 aromatic rings. The molecule has 0 aromatic heterocycles. The van der Waals surface area contributed by atoms with Crippen LogP contribution < -0.4 is 9.80 Å². The first-order valence-corrected chi connectivity index (χ1v) is 10.6. The van der Waals surface area contributed by atoms with Crippen LogP contribution >= 0.6 is 0 Å². The van der Waals surface area contributed by atoms with Crippen molar-refractivity contribution in [3.8, 4) is 0 Å². The monoisotopic (exact) mass is 399 g/mol. The quantitative estimate of drug-likeness (QED) is 0.553. The highest BCUT2D eigenvalue weighted by atomic mass is 32.2.